The van der Waals surface area contributed by atoms with Crippen LogP contribution in [0.5, 0.6) is 0 Å². The second-order valence-corrected chi connectivity index (χ2v) is 10.6. The third-order valence-corrected chi connectivity index (χ3v) is 7.39. The van der Waals surface area contributed by atoms with Gasteiger partial charge in [0.05, 0.1) is 5.75 Å². The third-order valence-electron chi connectivity index (χ3n) is 5.88. The van der Waals surface area contributed by atoms with Crippen LogP contribution < -0.4 is 5.32 Å². The first-order valence-corrected chi connectivity index (χ1v) is 13.9. The lowest BCUT2D eigenvalue weighted by Crippen LogP contribution is -2.52. The van der Waals surface area contributed by atoms with E-state index >= 15 is 0 Å². The quantitative estimate of drug-likeness (QED) is 0.289. The lowest BCUT2D eigenvalue weighted by Gasteiger charge is -2.32. The molecule has 184 valence electrons. The number of rotatable bonds is 12. The van der Waals surface area contributed by atoms with Gasteiger partial charge in [-0.05, 0) is 42.2 Å². The van der Waals surface area contributed by atoms with Crippen molar-refractivity contribution in [1.29, 1.82) is 0 Å². The van der Waals surface area contributed by atoms with Gasteiger partial charge in [-0.15, -0.1) is 11.8 Å². The summed E-state index contributed by atoms with van der Waals surface area (Å²) in [7, 11) is 0. The summed E-state index contributed by atoms with van der Waals surface area (Å²) in [6.07, 6.45) is 1.30. The van der Waals surface area contributed by atoms with E-state index < -0.39 is 6.04 Å². The summed E-state index contributed by atoms with van der Waals surface area (Å²) >= 11 is 5.04. The van der Waals surface area contributed by atoms with Crippen LogP contribution in [0.15, 0.2) is 89.4 Å². The van der Waals surface area contributed by atoms with Gasteiger partial charge in [0.15, 0.2) is 0 Å². The summed E-state index contributed by atoms with van der Waals surface area (Å²) in [6, 6.07) is 27.4. The Bertz CT molecular complexity index is 1060. The van der Waals surface area contributed by atoms with E-state index in [0.717, 1.165) is 33.3 Å². The fraction of sp³-hybridized carbons (Fsp3) is 0.310. The molecule has 0 saturated carbocycles. The van der Waals surface area contributed by atoms with Gasteiger partial charge < -0.3 is 10.2 Å². The van der Waals surface area contributed by atoms with E-state index in [1.165, 1.54) is 0 Å². The van der Waals surface area contributed by atoms with Crippen molar-refractivity contribution < 1.29 is 9.59 Å². The van der Waals surface area contributed by atoms with Crippen LogP contribution >= 0.6 is 27.7 Å². The molecule has 0 aromatic heterocycles. The number of nitrogens with zero attached hydrogens (tertiary/aromatic N) is 1. The second-order valence-electron chi connectivity index (χ2n) is 8.65. The zero-order valence-corrected chi connectivity index (χ0v) is 22.7. The minimum absolute atomic E-state index is 0.0313. The summed E-state index contributed by atoms with van der Waals surface area (Å²) in [4.78, 5) is 28.8. The smallest absolute Gasteiger partial charge is 0.243 e. The fourth-order valence-electron chi connectivity index (χ4n) is 3.69. The maximum absolute atomic E-state index is 13.6. The maximum Gasteiger partial charge on any atom is 0.243 e. The highest BCUT2D eigenvalue weighted by Gasteiger charge is 2.30. The number of nitrogens with one attached hydrogen (secondary N) is 1. The topological polar surface area (TPSA) is 49.4 Å². The van der Waals surface area contributed by atoms with Crippen LogP contribution in [0.3, 0.4) is 0 Å². The minimum atomic E-state index is -0.590. The molecule has 0 aliphatic heterocycles. The zero-order chi connectivity index (χ0) is 25.0. The van der Waals surface area contributed by atoms with Gasteiger partial charge in [-0.25, -0.2) is 0 Å². The number of thioether (sulfide) groups is 1. The van der Waals surface area contributed by atoms with Gasteiger partial charge in [-0.3, -0.25) is 9.59 Å². The van der Waals surface area contributed by atoms with Gasteiger partial charge in [-0.1, -0.05) is 95.7 Å². The first kappa shape index (κ1) is 27.0. The van der Waals surface area contributed by atoms with Crippen LogP contribution in [-0.4, -0.2) is 34.6 Å². The molecule has 2 amide bonds. The number of halogens is 1. The predicted octanol–water partition coefficient (Wildman–Crippen LogP) is 6.24. The molecule has 0 saturated heterocycles. The lowest BCUT2D eigenvalue weighted by atomic mass is 10.0. The van der Waals surface area contributed by atoms with Gasteiger partial charge in [0, 0.05) is 29.2 Å². The van der Waals surface area contributed by atoms with Crippen molar-refractivity contribution in [2.45, 2.75) is 51.1 Å². The first-order valence-electron chi connectivity index (χ1n) is 12.0. The molecular formula is C29H33BrN2O2S. The Morgan fingerprint density at radius 1 is 0.886 bits per heavy atom. The van der Waals surface area contributed by atoms with Crippen LogP contribution in [0.25, 0.3) is 0 Å². The van der Waals surface area contributed by atoms with Crippen molar-refractivity contribution in [2.75, 3.05) is 5.75 Å². The first-order chi connectivity index (χ1) is 17.0. The van der Waals surface area contributed by atoms with Crippen molar-refractivity contribution in [3.63, 3.8) is 0 Å². The molecule has 0 fully saturated rings. The Balaban J connectivity index is 1.82. The molecule has 0 bridgehead atoms. The molecule has 2 atom stereocenters. The van der Waals surface area contributed by atoms with Crippen molar-refractivity contribution in [2.24, 2.45) is 0 Å². The molecule has 3 rings (SSSR count). The Kier molecular flexibility index (Phi) is 10.9. The van der Waals surface area contributed by atoms with Crippen LogP contribution in [0, 0.1) is 0 Å². The predicted molar refractivity (Wildman–Crippen MR) is 149 cm³/mol. The van der Waals surface area contributed by atoms with Crippen molar-refractivity contribution in [1.82, 2.24) is 10.2 Å². The van der Waals surface area contributed by atoms with Gasteiger partial charge in [-0.2, -0.15) is 0 Å². The van der Waals surface area contributed by atoms with Gasteiger partial charge in [0.25, 0.3) is 0 Å². The van der Waals surface area contributed by atoms with E-state index in [9.17, 15) is 9.59 Å². The molecule has 0 heterocycles. The zero-order valence-electron chi connectivity index (χ0n) is 20.3. The molecular weight excluding hydrogens is 520 g/mol. The van der Waals surface area contributed by atoms with Crippen molar-refractivity contribution in [3.05, 3.63) is 106 Å². The number of amides is 2. The lowest BCUT2D eigenvalue weighted by molar-refractivity contribution is -0.139. The molecule has 35 heavy (non-hydrogen) atoms. The number of carbonyl (C=O) groups is 2. The average molecular weight is 554 g/mol. The Morgan fingerprint density at radius 3 is 2.09 bits per heavy atom. The number of hydrogen-bond donors (Lipinski definition) is 1. The highest BCUT2D eigenvalue weighted by atomic mass is 79.9. The second kappa shape index (κ2) is 14.1. The average Bonchev–Trinajstić information content (AvgIpc) is 2.88. The summed E-state index contributed by atoms with van der Waals surface area (Å²) < 4.78 is 1.03. The number of carbonyl (C=O) groups excluding carboxylic acids is 2. The molecule has 4 nitrogen and oxygen atoms in total. The van der Waals surface area contributed by atoms with Crippen LogP contribution in [0.4, 0.5) is 0 Å². The number of benzene rings is 3. The Morgan fingerprint density at radius 2 is 1.49 bits per heavy atom. The van der Waals surface area contributed by atoms with Gasteiger partial charge in [0.2, 0.25) is 11.8 Å². The highest BCUT2D eigenvalue weighted by molar-refractivity contribution is 9.10. The maximum atomic E-state index is 13.6. The molecule has 0 radical (unpaired) electrons. The van der Waals surface area contributed by atoms with Gasteiger partial charge in [0.1, 0.15) is 6.04 Å². The van der Waals surface area contributed by atoms with E-state index in [-0.39, 0.29) is 17.9 Å². The van der Waals surface area contributed by atoms with Crippen molar-refractivity contribution >= 4 is 39.5 Å². The molecule has 0 spiro atoms. The monoisotopic (exact) mass is 552 g/mol. The Labute approximate surface area is 221 Å². The molecule has 2 unspecified atom stereocenters. The third kappa shape index (κ3) is 8.86. The van der Waals surface area contributed by atoms with Crippen LogP contribution in [0.2, 0.25) is 0 Å². The van der Waals surface area contributed by atoms with Crippen LogP contribution in [-0.2, 0) is 28.3 Å². The van der Waals surface area contributed by atoms with E-state index in [4.69, 9.17) is 0 Å². The Hall–Kier alpha value is -2.57. The largest absolute Gasteiger partial charge is 0.352 e. The fourth-order valence-corrected chi connectivity index (χ4v) is 4.83. The minimum Gasteiger partial charge on any atom is -0.352 e. The molecule has 6 heteroatoms. The molecule has 3 aromatic rings. The van der Waals surface area contributed by atoms with Crippen molar-refractivity contribution in [3.8, 4) is 0 Å². The standard InChI is InChI=1S/C29H33BrN2O2S/c1-3-22(2)31-29(34)27(18-23-10-6-4-7-11-23)32(19-24-12-8-5-9-13-24)28(33)21-35-20-25-14-16-26(30)17-15-25/h4-17,22,27H,3,18-21H2,1-2H3,(H,31,34). The van der Waals surface area contributed by atoms with E-state index in [0.29, 0.717) is 18.7 Å². The summed E-state index contributed by atoms with van der Waals surface area (Å²) in [5.74, 6) is 0.910. The summed E-state index contributed by atoms with van der Waals surface area (Å²) in [5.41, 5.74) is 3.20. The van der Waals surface area contributed by atoms with E-state index in [1.807, 2.05) is 86.6 Å². The van der Waals surface area contributed by atoms with Gasteiger partial charge >= 0.3 is 0 Å². The summed E-state index contributed by atoms with van der Waals surface area (Å²) in [5, 5.41) is 3.11. The van der Waals surface area contributed by atoms with E-state index in [1.54, 1.807) is 16.7 Å². The van der Waals surface area contributed by atoms with E-state index in [2.05, 4.69) is 33.4 Å². The SMILES string of the molecule is CCC(C)NC(=O)C(Cc1ccccc1)N(Cc1ccccc1)C(=O)CSCc1ccc(Br)cc1. The molecule has 0 aliphatic carbocycles. The highest BCUT2D eigenvalue weighted by Crippen LogP contribution is 2.20. The molecule has 3 aromatic carbocycles. The normalized spacial score (nSPS) is 12.5. The molecule has 0 aliphatic rings. The summed E-state index contributed by atoms with van der Waals surface area (Å²) in [6.45, 7) is 4.43. The molecule has 1 N–H and O–H groups in total. The van der Waals surface area contributed by atoms with Crippen LogP contribution in [0.1, 0.15) is 37.0 Å². The number of hydrogen-bond acceptors (Lipinski definition) is 3.